The quantitative estimate of drug-likeness (QED) is 0.171. The van der Waals surface area contributed by atoms with Crippen molar-refractivity contribution in [2.24, 2.45) is 0 Å². The van der Waals surface area contributed by atoms with Crippen LogP contribution in [-0.4, -0.2) is 9.97 Å². The van der Waals surface area contributed by atoms with E-state index in [1.807, 2.05) is 12.1 Å². The van der Waals surface area contributed by atoms with E-state index in [4.69, 9.17) is 9.97 Å². The molecule has 0 spiro atoms. The lowest BCUT2D eigenvalue weighted by Gasteiger charge is -2.34. The maximum Gasteiger partial charge on any atom is 0.161 e. The molecule has 1 aliphatic carbocycles. The van der Waals surface area contributed by atoms with E-state index in [1.54, 1.807) is 0 Å². The van der Waals surface area contributed by atoms with Gasteiger partial charge in [-0.1, -0.05) is 200 Å². The highest BCUT2D eigenvalue weighted by Gasteiger charge is 2.47. The Morgan fingerprint density at radius 3 is 1.42 bits per heavy atom. The second kappa shape index (κ2) is 13.4. The van der Waals surface area contributed by atoms with E-state index < -0.39 is 5.41 Å². The van der Waals surface area contributed by atoms with Crippen LogP contribution in [0.2, 0.25) is 0 Å². The second-order valence-corrected chi connectivity index (χ2v) is 14.9. The van der Waals surface area contributed by atoms with Crippen molar-refractivity contribution in [3.8, 4) is 56.2 Å². The molecule has 0 atom stereocenters. The molecule has 2 nitrogen and oxygen atoms in total. The molecule has 11 rings (SSSR count). The Hall–Kier alpha value is -7.42. The van der Waals surface area contributed by atoms with Crippen molar-refractivity contribution in [3.63, 3.8) is 0 Å². The van der Waals surface area contributed by atoms with Gasteiger partial charge in [-0.25, -0.2) is 9.97 Å². The minimum absolute atomic E-state index is 0.490. The molecule has 1 aromatic heterocycles. The topological polar surface area (TPSA) is 25.8 Å². The first-order valence-corrected chi connectivity index (χ1v) is 19.6. The maximum absolute atomic E-state index is 5.21. The summed E-state index contributed by atoms with van der Waals surface area (Å²) in [6.45, 7) is 0. The smallest absolute Gasteiger partial charge is 0.161 e. The maximum atomic E-state index is 5.21. The van der Waals surface area contributed by atoms with Crippen LogP contribution in [0, 0.1) is 0 Å². The first-order chi connectivity index (χ1) is 28.3. The van der Waals surface area contributed by atoms with E-state index in [-0.39, 0.29) is 0 Å². The number of aromatic nitrogens is 2. The first kappa shape index (κ1) is 33.0. The first-order valence-electron chi connectivity index (χ1n) is 19.6. The van der Waals surface area contributed by atoms with Gasteiger partial charge in [0, 0.05) is 16.7 Å². The van der Waals surface area contributed by atoms with E-state index in [2.05, 4.69) is 206 Å². The molecule has 0 aliphatic heterocycles. The third-order valence-electron chi connectivity index (χ3n) is 11.8. The van der Waals surface area contributed by atoms with Crippen molar-refractivity contribution in [2.45, 2.75) is 5.41 Å². The average Bonchev–Trinajstić information content (AvgIpc) is 3.60. The Kier molecular flexibility index (Phi) is 7.75. The summed E-state index contributed by atoms with van der Waals surface area (Å²) in [6.07, 6.45) is 0. The molecule has 0 unspecified atom stereocenters. The Labute approximate surface area is 332 Å². The predicted octanol–water partition coefficient (Wildman–Crippen LogP) is 13.8. The molecule has 0 saturated carbocycles. The van der Waals surface area contributed by atoms with Crippen LogP contribution in [0.1, 0.15) is 22.3 Å². The summed E-state index contributed by atoms with van der Waals surface area (Å²) in [6, 6.07) is 78.8. The second-order valence-electron chi connectivity index (χ2n) is 14.9. The van der Waals surface area contributed by atoms with Crippen LogP contribution in [0.5, 0.6) is 0 Å². The SMILES string of the molecule is c1ccc(-c2cc(-c3ccccc3)nc(-c3ccc(-c4ccc5c(c4)-c4ccc6ccccc6c4C5(c4ccccc4)c4ccccc4)c4ccccc34)n2)cc1. The highest BCUT2D eigenvalue weighted by molar-refractivity contribution is 6.06. The molecule has 0 N–H and O–H groups in total. The number of hydrogen-bond donors (Lipinski definition) is 0. The van der Waals surface area contributed by atoms with Crippen LogP contribution in [0.25, 0.3) is 77.7 Å². The number of fused-ring (bicyclic) bond motifs is 6. The Morgan fingerprint density at radius 2 is 0.807 bits per heavy atom. The third-order valence-corrected chi connectivity index (χ3v) is 11.8. The molecular formula is C55H36N2. The molecule has 1 heterocycles. The van der Waals surface area contributed by atoms with Crippen molar-refractivity contribution in [2.75, 3.05) is 0 Å². The molecule has 0 amide bonds. The summed E-state index contributed by atoms with van der Waals surface area (Å²) in [5.41, 5.74) is 14.5. The average molecular weight is 725 g/mol. The molecule has 0 fully saturated rings. The fourth-order valence-electron chi connectivity index (χ4n) is 9.27. The fraction of sp³-hybridized carbons (Fsp3) is 0.0182. The van der Waals surface area contributed by atoms with Crippen molar-refractivity contribution < 1.29 is 0 Å². The highest BCUT2D eigenvalue weighted by Crippen LogP contribution is 2.58. The summed E-state index contributed by atoms with van der Waals surface area (Å²) < 4.78 is 0. The minimum atomic E-state index is -0.490. The fourth-order valence-corrected chi connectivity index (χ4v) is 9.27. The summed E-state index contributed by atoms with van der Waals surface area (Å²) in [4.78, 5) is 10.4. The van der Waals surface area contributed by atoms with E-state index in [9.17, 15) is 0 Å². The van der Waals surface area contributed by atoms with Crippen LogP contribution in [0.15, 0.2) is 218 Å². The van der Waals surface area contributed by atoms with Gasteiger partial charge in [-0.05, 0) is 84.3 Å². The Bertz CT molecular complexity index is 3000. The van der Waals surface area contributed by atoms with Crippen LogP contribution < -0.4 is 0 Å². The van der Waals surface area contributed by atoms with E-state index >= 15 is 0 Å². The lowest BCUT2D eigenvalue weighted by Crippen LogP contribution is -2.28. The van der Waals surface area contributed by atoms with Gasteiger partial charge >= 0.3 is 0 Å². The zero-order chi connectivity index (χ0) is 37.8. The van der Waals surface area contributed by atoms with Crippen LogP contribution in [0.4, 0.5) is 0 Å². The van der Waals surface area contributed by atoms with Crippen LogP contribution in [-0.2, 0) is 5.41 Å². The Balaban J connectivity index is 1.13. The van der Waals surface area contributed by atoms with E-state index in [0.29, 0.717) is 5.82 Å². The summed E-state index contributed by atoms with van der Waals surface area (Å²) in [5, 5.41) is 4.81. The molecular weight excluding hydrogens is 689 g/mol. The van der Waals surface area contributed by atoms with Gasteiger partial charge in [0.1, 0.15) is 0 Å². The molecule has 0 radical (unpaired) electrons. The largest absolute Gasteiger partial charge is 0.228 e. The summed E-state index contributed by atoms with van der Waals surface area (Å²) in [7, 11) is 0. The monoisotopic (exact) mass is 724 g/mol. The van der Waals surface area contributed by atoms with Gasteiger partial charge in [-0.2, -0.15) is 0 Å². The predicted molar refractivity (Wildman–Crippen MR) is 236 cm³/mol. The van der Waals surface area contributed by atoms with Gasteiger partial charge < -0.3 is 0 Å². The lowest BCUT2D eigenvalue weighted by molar-refractivity contribution is 0.775. The van der Waals surface area contributed by atoms with Gasteiger partial charge in [0.05, 0.1) is 16.8 Å². The summed E-state index contributed by atoms with van der Waals surface area (Å²) >= 11 is 0. The lowest BCUT2D eigenvalue weighted by atomic mass is 9.66. The van der Waals surface area contributed by atoms with Crippen molar-refractivity contribution in [3.05, 3.63) is 241 Å². The normalized spacial score (nSPS) is 12.7. The van der Waals surface area contributed by atoms with E-state index in [0.717, 1.165) is 33.5 Å². The van der Waals surface area contributed by atoms with Gasteiger partial charge in [0.15, 0.2) is 5.82 Å². The molecule has 9 aromatic carbocycles. The molecule has 10 aromatic rings. The molecule has 57 heavy (non-hydrogen) atoms. The zero-order valence-corrected chi connectivity index (χ0v) is 31.2. The van der Waals surface area contributed by atoms with Crippen molar-refractivity contribution in [1.82, 2.24) is 9.97 Å². The molecule has 266 valence electrons. The standard InChI is InChI=1S/C55H36N2/c1-5-18-38(19-6-1)51-36-52(39-20-7-2-8-21-39)57-54(56-51)48-33-32-43(45-27-15-16-28-46(45)48)40-30-34-50-49(35-40)47-31-29-37-17-13-14-26-44(37)53(47)55(50,41-22-9-3-10-23-41)42-24-11-4-12-25-42/h1-36H. The molecule has 0 bridgehead atoms. The van der Waals surface area contributed by atoms with Gasteiger partial charge in [-0.3, -0.25) is 0 Å². The number of rotatable bonds is 6. The van der Waals surface area contributed by atoms with Gasteiger partial charge in [0.25, 0.3) is 0 Å². The van der Waals surface area contributed by atoms with E-state index in [1.165, 1.54) is 60.7 Å². The van der Waals surface area contributed by atoms with Crippen LogP contribution >= 0.6 is 0 Å². The van der Waals surface area contributed by atoms with Crippen molar-refractivity contribution >= 4 is 21.5 Å². The highest BCUT2D eigenvalue weighted by atomic mass is 14.9. The summed E-state index contributed by atoms with van der Waals surface area (Å²) in [5.74, 6) is 0.711. The van der Waals surface area contributed by atoms with Crippen LogP contribution in [0.3, 0.4) is 0 Å². The number of nitrogens with zero attached hydrogens (tertiary/aromatic N) is 2. The van der Waals surface area contributed by atoms with Crippen molar-refractivity contribution in [1.29, 1.82) is 0 Å². The number of hydrogen-bond acceptors (Lipinski definition) is 2. The zero-order valence-electron chi connectivity index (χ0n) is 31.2. The third kappa shape index (κ3) is 5.26. The minimum Gasteiger partial charge on any atom is -0.228 e. The molecule has 0 saturated heterocycles. The number of benzene rings is 9. The van der Waals surface area contributed by atoms with Gasteiger partial charge in [-0.15, -0.1) is 0 Å². The Morgan fingerprint density at radius 1 is 0.316 bits per heavy atom. The van der Waals surface area contributed by atoms with Gasteiger partial charge in [0.2, 0.25) is 0 Å². The molecule has 2 heteroatoms. The molecule has 1 aliphatic rings.